The van der Waals surface area contributed by atoms with Crippen molar-refractivity contribution in [1.29, 1.82) is 0 Å². The third kappa shape index (κ3) is 5.19. The van der Waals surface area contributed by atoms with Crippen LogP contribution < -0.4 is 5.32 Å². The Morgan fingerprint density at radius 3 is 2.74 bits per heavy atom. The molecule has 1 aliphatic rings. The standard InChI is InChI=1S/C18H23ClN6O2/c1-13-22-16(27-23-13)7-8-21-18(20-2)25-10-9-24(17(26)12-25)11-14-3-5-15(19)6-4-14/h3-6H,7-12H2,1-2H3,(H,20,21). The maximum absolute atomic E-state index is 12.5. The molecule has 1 fully saturated rings. The van der Waals surface area contributed by atoms with E-state index in [0.29, 0.717) is 55.3 Å². The van der Waals surface area contributed by atoms with Crippen LogP contribution in [0.2, 0.25) is 5.02 Å². The third-order valence-corrected chi connectivity index (χ3v) is 4.56. The fourth-order valence-electron chi connectivity index (χ4n) is 2.92. The molecule has 2 aromatic rings. The Hall–Kier alpha value is -2.61. The van der Waals surface area contributed by atoms with Crippen molar-refractivity contribution in [3.63, 3.8) is 0 Å². The van der Waals surface area contributed by atoms with Gasteiger partial charge >= 0.3 is 0 Å². The Balaban J connectivity index is 1.49. The summed E-state index contributed by atoms with van der Waals surface area (Å²) < 4.78 is 5.10. The zero-order valence-corrected chi connectivity index (χ0v) is 16.2. The maximum atomic E-state index is 12.5. The monoisotopic (exact) mass is 390 g/mol. The van der Waals surface area contributed by atoms with Gasteiger partial charge in [0, 0.05) is 44.7 Å². The van der Waals surface area contributed by atoms with Crippen molar-refractivity contribution >= 4 is 23.5 Å². The predicted molar refractivity (Wildman–Crippen MR) is 103 cm³/mol. The Morgan fingerprint density at radius 2 is 2.11 bits per heavy atom. The quantitative estimate of drug-likeness (QED) is 0.615. The van der Waals surface area contributed by atoms with Gasteiger partial charge in [0.15, 0.2) is 11.8 Å². The van der Waals surface area contributed by atoms with Crippen molar-refractivity contribution < 1.29 is 9.32 Å². The number of nitrogens with zero attached hydrogens (tertiary/aromatic N) is 5. The summed E-state index contributed by atoms with van der Waals surface area (Å²) in [5.41, 5.74) is 1.07. The normalized spacial score (nSPS) is 15.4. The van der Waals surface area contributed by atoms with E-state index in [1.807, 2.05) is 34.1 Å². The number of nitrogens with one attached hydrogen (secondary N) is 1. The average molecular weight is 391 g/mol. The number of guanidine groups is 1. The van der Waals surface area contributed by atoms with Crippen molar-refractivity contribution in [3.8, 4) is 0 Å². The van der Waals surface area contributed by atoms with Crippen LogP contribution in [0, 0.1) is 6.92 Å². The molecular formula is C18H23ClN6O2. The number of amides is 1. The topological polar surface area (TPSA) is 86.9 Å². The number of hydrogen-bond donors (Lipinski definition) is 1. The van der Waals surface area contributed by atoms with Gasteiger partial charge in [-0.25, -0.2) is 0 Å². The minimum Gasteiger partial charge on any atom is -0.356 e. The summed E-state index contributed by atoms with van der Waals surface area (Å²) in [5.74, 6) is 1.98. The lowest BCUT2D eigenvalue weighted by molar-refractivity contribution is -0.135. The molecule has 0 spiro atoms. The number of aryl methyl sites for hydroxylation is 1. The number of aromatic nitrogens is 2. The number of halogens is 1. The molecule has 2 heterocycles. The molecule has 27 heavy (non-hydrogen) atoms. The highest BCUT2D eigenvalue weighted by Crippen LogP contribution is 2.13. The fourth-order valence-corrected chi connectivity index (χ4v) is 3.05. The second-order valence-corrected chi connectivity index (χ2v) is 6.76. The van der Waals surface area contributed by atoms with E-state index < -0.39 is 0 Å². The summed E-state index contributed by atoms with van der Waals surface area (Å²) >= 11 is 5.91. The smallest absolute Gasteiger partial charge is 0.242 e. The molecule has 1 aliphatic heterocycles. The first-order chi connectivity index (χ1) is 13.0. The van der Waals surface area contributed by atoms with Crippen LogP contribution in [-0.4, -0.2) is 65.0 Å². The summed E-state index contributed by atoms with van der Waals surface area (Å²) in [6, 6.07) is 7.58. The van der Waals surface area contributed by atoms with Gasteiger partial charge in [0.25, 0.3) is 0 Å². The Labute approximate surface area is 163 Å². The highest BCUT2D eigenvalue weighted by Gasteiger charge is 2.25. The van der Waals surface area contributed by atoms with Crippen molar-refractivity contribution in [2.24, 2.45) is 4.99 Å². The number of carbonyl (C=O) groups is 1. The summed E-state index contributed by atoms with van der Waals surface area (Å²) in [5, 5.41) is 7.72. The molecule has 0 radical (unpaired) electrons. The van der Waals surface area contributed by atoms with E-state index in [2.05, 4.69) is 20.4 Å². The summed E-state index contributed by atoms with van der Waals surface area (Å²) in [7, 11) is 1.71. The molecule has 1 aromatic heterocycles. The number of carbonyl (C=O) groups excluding carboxylic acids is 1. The van der Waals surface area contributed by atoms with Crippen molar-refractivity contribution in [3.05, 3.63) is 46.6 Å². The van der Waals surface area contributed by atoms with E-state index in [1.165, 1.54) is 0 Å². The van der Waals surface area contributed by atoms with Crippen LogP contribution in [0.4, 0.5) is 0 Å². The number of rotatable bonds is 5. The first-order valence-electron chi connectivity index (χ1n) is 8.82. The molecule has 144 valence electrons. The minimum atomic E-state index is 0.0756. The summed E-state index contributed by atoms with van der Waals surface area (Å²) in [4.78, 5) is 24.8. The van der Waals surface area contributed by atoms with Crippen LogP contribution in [0.5, 0.6) is 0 Å². The SMILES string of the molecule is CN=C(NCCc1nc(C)no1)N1CCN(Cc2ccc(Cl)cc2)C(=O)C1. The lowest BCUT2D eigenvalue weighted by Crippen LogP contribution is -2.55. The molecule has 1 saturated heterocycles. The lowest BCUT2D eigenvalue weighted by atomic mass is 10.2. The zero-order chi connectivity index (χ0) is 19.2. The molecule has 1 aromatic carbocycles. The van der Waals surface area contributed by atoms with Crippen LogP contribution in [-0.2, 0) is 17.8 Å². The van der Waals surface area contributed by atoms with Crippen LogP contribution in [0.1, 0.15) is 17.3 Å². The number of benzene rings is 1. The molecule has 0 bridgehead atoms. The number of piperazine rings is 1. The Bertz CT molecular complexity index is 804. The van der Waals surface area contributed by atoms with E-state index in [0.717, 1.165) is 12.1 Å². The van der Waals surface area contributed by atoms with Gasteiger partial charge in [0.05, 0.1) is 6.54 Å². The van der Waals surface area contributed by atoms with Crippen LogP contribution in [0.3, 0.4) is 0 Å². The van der Waals surface area contributed by atoms with E-state index >= 15 is 0 Å². The highest BCUT2D eigenvalue weighted by molar-refractivity contribution is 6.30. The maximum Gasteiger partial charge on any atom is 0.242 e. The summed E-state index contributed by atoms with van der Waals surface area (Å²) in [6.45, 7) is 4.64. The van der Waals surface area contributed by atoms with E-state index in [4.69, 9.17) is 16.1 Å². The molecule has 0 saturated carbocycles. The van der Waals surface area contributed by atoms with Crippen LogP contribution in [0.25, 0.3) is 0 Å². The van der Waals surface area contributed by atoms with Gasteiger partial charge in [-0.15, -0.1) is 0 Å². The number of aliphatic imine (C=N–C) groups is 1. The van der Waals surface area contributed by atoms with Crippen LogP contribution >= 0.6 is 11.6 Å². The van der Waals surface area contributed by atoms with Crippen molar-refractivity contribution in [2.75, 3.05) is 33.2 Å². The van der Waals surface area contributed by atoms with Crippen LogP contribution in [0.15, 0.2) is 33.8 Å². The van der Waals surface area contributed by atoms with E-state index in [1.54, 1.807) is 14.0 Å². The highest BCUT2D eigenvalue weighted by atomic mass is 35.5. The lowest BCUT2D eigenvalue weighted by Gasteiger charge is -2.36. The van der Waals surface area contributed by atoms with Gasteiger partial charge < -0.3 is 19.6 Å². The largest absolute Gasteiger partial charge is 0.356 e. The molecular weight excluding hydrogens is 368 g/mol. The van der Waals surface area contributed by atoms with Gasteiger partial charge in [-0.3, -0.25) is 9.79 Å². The Morgan fingerprint density at radius 1 is 1.33 bits per heavy atom. The average Bonchev–Trinajstić information content (AvgIpc) is 3.07. The molecule has 0 aliphatic carbocycles. The van der Waals surface area contributed by atoms with Gasteiger partial charge in [0.1, 0.15) is 0 Å². The van der Waals surface area contributed by atoms with Gasteiger partial charge in [-0.05, 0) is 24.6 Å². The van der Waals surface area contributed by atoms with Gasteiger partial charge in [0.2, 0.25) is 11.8 Å². The second kappa shape index (κ2) is 8.85. The molecule has 3 rings (SSSR count). The molecule has 8 nitrogen and oxygen atoms in total. The van der Waals surface area contributed by atoms with Gasteiger partial charge in [-0.1, -0.05) is 28.9 Å². The third-order valence-electron chi connectivity index (χ3n) is 4.31. The van der Waals surface area contributed by atoms with E-state index in [-0.39, 0.29) is 5.91 Å². The first-order valence-corrected chi connectivity index (χ1v) is 9.20. The molecule has 0 atom stereocenters. The Kier molecular flexibility index (Phi) is 6.28. The van der Waals surface area contributed by atoms with Crippen molar-refractivity contribution in [2.45, 2.75) is 19.9 Å². The predicted octanol–water partition coefficient (Wildman–Crippen LogP) is 1.49. The minimum absolute atomic E-state index is 0.0756. The number of hydrogen-bond acceptors (Lipinski definition) is 5. The second-order valence-electron chi connectivity index (χ2n) is 6.32. The van der Waals surface area contributed by atoms with E-state index in [9.17, 15) is 4.79 Å². The first kappa shape index (κ1) is 19.2. The van der Waals surface area contributed by atoms with Crippen molar-refractivity contribution in [1.82, 2.24) is 25.3 Å². The molecule has 0 unspecified atom stereocenters. The molecule has 9 heteroatoms. The zero-order valence-electron chi connectivity index (χ0n) is 15.5. The molecule has 1 N–H and O–H groups in total. The van der Waals surface area contributed by atoms with Gasteiger partial charge in [-0.2, -0.15) is 4.98 Å². The molecule has 1 amide bonds. The fraction of sp³-hybridized carbons (Fsp3) is 0.444. The summed E-state index contributed by atoms with van der Waals surface area (Å²) in [6.07, 6.45) is 0.602.